The second-order valence-electron chi connectivity index (χ2n) is 4.73. The molecule has 1 heterocycles. The van der Waals surface area contributed by atoms with Crippen LogP contribution in [0.1, 0.15) is 32.2 Å². The van der Waals surface area contributed by atoms with Gasteiger partial charge in [0.15, 0.2) is 0 Å². The highest BCUT2D eigenvalue weighted by Crippen LogP contribution is 2.53. The summed E-state index contributed by atoms with van der Waals surface area (Å²) in [6.45, 7) is 5.91. The van der Waals surface area contributed by atoms with Gasteiger partial charge in [0.2, 0.25) is 8.13 Å². The lowest BCUT2D eigenvalue weighted by atomic mass is 9.89. The highest BCUT2D eigenvalue weighted by molar-refractivity contribution is 6.75. The van der Waals surface area contributed by atoms with E-state index < -0.39 is 8.13 Å². The number of aryl methyl sites for hydroxylation is 1. The number of halogens is 5. The maximum Gasteiger partial charge on any atom is 0.228 e. The molecule has 0 radical (unpaired) electrons. The second kappa shape index (κ2) is 4.61. The zero-order valence-electron chi connectivity index (χ0n) is 9.73. The Kier molecular flexibility index (Phi) is 4.24. The zero-order chi connectivity index (χ0) is 13.6. The molecule has 0 saturated heterocycles. The topological polar surface area (TPSA) is 30.7 Å². The summed E-state index contributed by atoms with van der Waals surface area (Å²) in [7, 11) is 1.74. The van der Waals surface area contributed by atoms with Crippen LogP contribution in [-0.4, -0.2) is 18.8 Å². The van der Waals surface area contributed by atoms with Crippen molar-refractivity contribution in [2.75, 3.05) is 0 Å². The summed E-state index contributed by atoms with van der Waals surface area (Å²) in [6, 6.07) is 0. The fraction of sp³-hybridized carbons (Fsp3) is 0.778. The van der Waals surface area contributed by atoms with Crippen molar-refractivity contribution in [1.29, 1.82) is 0 Å². The highest BCUT2D eigenvalue weighted by Gasteiger charge is 2.52. The average molecular weight is 339 g/mol. The number of nitrogens with zero attached hydrogens (tertiary/aromatic N) is 3. The summed E-state index contributed by atoms with van der Waals surface area (Å²) in [5.41, 5.74) is 0.697. The number of aromatic nitrogens is 3. The summed E-state index contributed by atoms with van der Waals surface area (Å²) in [4.78, 5) is 0. The lowest BCUT2D eigenvalue weighted by Gasteiger charge is -2.29. The smallest absolute Gasteiger partial charge is 0.228 e. The summed E-state index contributed by atoms with van der Waals surface area (Å²) < 4.78 is -2.08. The molecular weight excluding hydrogens is 327 g/mol. The fourth-order valence-corrected chi connectivity index (χ4v) is 2.07. The number of hydrogen-bond donors (Lipinski definition) is 0. The predicted octanol–water partition coefficient (Wildman–Crippen LogP) is 4.11. The molecule has 0 spiro atoms. The molecule has 0 aromatic carbocycles. The van der Waals surface area contributed by atoms with E-state index in [0.717, 1.165) is 0 Å². The van der Waals surface area contributed by atoms with Crippen LogP contribution in [0.2, 0.25) is 0 Å². The molecule has 0 N–H and O–H groups in total. The van der Waals surface area contributed by atoms with Gasteiger partial charge in [-0.25, -0.2) is 0 Å². The van der Waals surface area contributed by atoms with Crippen LogP contribution in [0.3, 0.4) is 0 Å². The average Bonchev–Trinajstić information content (AvgIpc) is 2.44. The van der Waals surface area contributed by atoms with Crippen LogP contribution >= 0.6 is 58.0 Å². The minimum atomic E-state index is -1.90. The predicted molar refractivity (Wildman–Crippen MR) is 73.4 cm³/mol. The van der Waals surface area contributed by atoms with Crippen LogP contribution in [0.25, 0.3) is 0 Å². The van der Waals surface area contributed by atoms with Gasteiger partial charge in [0.1, 0.15) is 5.69 Å². The molecule has 0 bridgehead atoms. The van der Waals surface area contributed by atoms with Gasteiger partial charge in [0.25, 0.3) is 0 Å². The number of alkyl halides is 5. The molecule has 0 aliphatic heterocycles. The first kappa shape index (κ1) is 15.6. The first-order chi connectivity index (χ1) is 7.39. The van der Waals surface area contributed by atoms with Gasteiger partial charge in [0.05, 0.1) is 5.69 Å². The maximum absolute atomic E-state index is 6.12. The third-order valence-electron chi connectivity index (χ3n) is 2.19. The van der Waals surface area contributed by atoms with Gasteiger partial charge in [-0.3, -0.25) is 4.68 Å². The van der Waals surface area contributed by atoms with Crippen LogP contribution in [0.15, 0.2) is 0 Å². The minimum absolute atomic E-state index is 0.260. The quantitative estimate of drug-likeness (QED) is 0.721. The molecule has 0 aliphatic rings. The minimum Gasteiger partial charge on any atom is -0.252 e. The van der Waals surface area contributed by atoms with Gasteiger partial charge in [0, 0.05) is 12.5 Å². The third kappa shape index (κ3) is 2.95. The molecular formula is C9H12Cl5N3. The molecule has 17 heavy (non-hydrogen) atoms. The van der Waals surface area contributed by atoms with E-state index in [9.17, 15) is 0 Å². The van der Waals surface area contributed by atoms with Crippen LogP contribution in [0.5, 0.6) is 0 Å². The third-order valence-corrected chi connectivity index (χ3v) is 4.55. The van der Waals surface area contributed by atoms with E-state index in [-0.39, 0.29) is 11.1 Å². The van der Waals surface area contributed by atoms with E-state index in [1.807, 2.05) is 20.8 Å². The Labute approximate surface area is 125 Å². The molecule has 0 saturated carbocycles. The van der Waals surface area contributed by atoms with Crippen molar-refractivity contribution in [3.8, 4) is 0 Å². The SMILES string of the molecule is Cn1nnc(C(Cl)(Cl)C(Cl)(Cl)Cl)c1C(C)(C)C. The molecule has 1 aromatic heterocycles. The molecule has 0 amide bonds. The van der Waals surface area contributed by atoms with E-state index >= 15 is 0 Å². The number of hydrogen-bond acceptors (Lipinski definition) is 2. The van der Waals surface area contributed by atoms with E-state index in [1.54, 1.807) is 11.7 Å². The van der Waals surface area contributed by atoms with Crippen molar-refractivity contribution >= 4 is 58.0 Å². The summed E-state index contributed by atoms with van der Waals surface area (Å²) in [5, 5.41) is 7.80. The maximum atomic E-state index is 6.12. The Hall–Kier alpha value is 0.590. The van der Waals surface area contributed by atoms with Crippen molar-refractivity contribution in [1.82, 2.24) is 15.0 Å². The van der Waals surface area contributed by atoms with Crippen molar-refractivity contribution in [3.63, 3.8) is 0 Å². The van der Waals surface area contributed by atoms with Crippen molar-refractivity contribution in [3.05, 3.63) is 11.4 Å². The fourth-order valence-electron chi connectivity index (χ4n) is 1.54. The molecule has 0 atom stereocenters. The molecule has 0 unspecified atom stereocenters. The Morgan fingerprint density at radius 1 is 1.00 bits per heavy atom. The molecule has 0 fully saturated rings. The summed E-state index contributed by atoms with van der Waals surface area (Å²) in [6.07, 6.45) is 0. The van der Waals surface area contributed by atoms with E-state index in [2.05, 4.69) is 10.3 Å². The highest BCUT2D eigenvalue weighted by atomic mass is 35.6. The second-order valence-corrected chi connectivity index (χ2v) is 8.34. The Morgan fingerprint density at radius 3 is 1.82 bits per heavy atom. The van der Waals surface area contributed by atoms with Crippen LogP contribution in [0, 0.1) is 0 Å². The van der Waals surface area contributed by atoms with Gasteiger partial charge < -0.3 is 0 Å². The van der Waals surface area contributed by atoms with Gasteiger partial charge in [-0.05, 0) is 0 Å². The van der Waals surface area contributed by atoms with Gasteiger partial charge in [-0.15, -0.1) is 5.10 Å². The standard InChI is InChI=1S/C9H12Cl5N3/c1-7(2,3)6-5(15-16-17(6)4)8(10,11)9(12,13)14/h1-4H3. The summed E-state index contributed by atoms with van der Waals surface area (Å²) in [5.74, 6) is 0. The molecule has 8 heteroatoms. The first-order valence-corrected chi connectivity index (χ1v) is 6.63. The summed E-state index contributed by atoms with van der Waals surface area (Å²) >= 11 is 29.6. The van der Waals surface area contributed by atoms with E-state index in [4.69, 9.17) is 58.0 Å². The normalized spacial score (nSPS) is 14.2. The van der Waals surface area contributed by atoms with Crippen LogP contribution in [-0.2, 0) is 16.8 Å². The molecule has 1 rings (SSSR count). The first-order valence-electron chi connectivity index (χ1n) is 4.74. The van der Waals surface area contributed by atoms with Gasteiger partial charge >= 0.3 is 0 Å². The van der Waals surface area contributed by atoms with Crippen molar-refractivity contribution in [2.24, 2.45) is 7.05 Å². The van der Waals surface area contributed by atoms with Crippen molar-refractivity contribution in [2.45, 2.75) is 34.3 Å². The van der Waals surface area contributed by atoms with Crippen LogP contribution < -0.4 is 0 Å². The molecule has 0 aliphatic carbocycles. The largest absolute Gasteiger partial charge is 0.252 e. The van der Waals surface area contributed by atoms with E-state index in [1.165, 1.54) is 0 Å². The van der Waals surface area contributed by atoms with Gasteiger partial charge in [-0.2, -0.15) is 0 Å². The van der Waals surface area contributed by atoms with E-state index in [0.29, 0.717) is 5.69 Å². The molecule has 3 nitrogen and oxygen atoms in total. The van der Waals surface area contributed by atoms with Crippen LogP contribution in [0.4, 0.5) is 0 Å². The van der Waals surface area contributed by atoms with Gasteiger partial charge in [-0.1, -0.05) is 84.0 Å². The monoisotopic (exact) mass is 337 g/mol. The Balaban J connectivity index is 3.45. The Morgan fingerprint density at radius 2 is 1.47 bits per heavy atom. The zero-order valence-corrected chi connectivity index (χ0v) is 13.5. The lowest BCUT2D eigenvalue weighted by Crippen LogP contribution is -2.32. The lowest BCUT2D eigenvalue weighted by molar-refractivity contribution is 0.514. The Bertz CT molecular complexity index is 413. The van der Waals surface area contributed by atoms with Crippen molar-refractivity contribution < 1.29 is 0 Å². The molecule has 1 aromatic rings. The number of rotatable bonds is 1. The molecule has 98 valence electrons.